The van der Waals surface area contributed by atoms with Gasteiger partial charge >= 0.3 is 0 Å². The van der Waals surface area contributed by atoms with Crippen molar-refractivity contribution >= 4 is 11.8 Å². The summed E-state index contributed by atoms with van der Waals surface area (Å²) in [7, 11) is 0. The lowest BCUT2D eigenvalue weighted by Gasteiger charge is -2.24. The van der Waals surface area contributed by atoms with Crippen LogP contribution in [-0.2, 0) is 9.53 Å². The van der Waals surface area contributed by atoms with Gasteiger partial charge in [-0.2, -0.15) is 0 Å². The summed E-state index contributed by atoms with van der Waals surface area (Å²) in [6.45, 7) is 4.78. The second kappa shape index (κ2) is 6.48. The third-order valence-electron chi connectivity index (χ3n) is 4.15. The molecule has 1 atom stereocenters. The molecule has 1 aromatic heterocycles. The molecule has 1 unspecified atom stereocenters. The monoisotopic (exact) mass is 307 g/mol. The van der Waals surface area contributed by atoms with Gasteiger partial charge in [0.05, 0.1) is 0 Å². The van der Waals surface area contributed by atoms with Crippen molar-refractivity contribution in [1.29, 1.82) is 0 Å². The molecule has 2 aliphatic rings. The molecule has 2 aliphatic heterocycles. The number of hydrogen-bond acceptors (Lipinski definition) is 5. The average Bonchev–Trinajstić information content (AvgIpc) is 3.13. The van der Waals surface area contributed by atoms with Crippen LogP contribution in [0.5, 0.6) is 0 Å². The first kappa shape index (κ1) is 15.0. The van der Waals surface area contributed by atoms with E-state index < -0.39 is 0 Å². The second-order valence-corrected chi connectivity index (χ2v) is 5.80. The summed E-state index contributed by atoms with van der Waals surface area (Å²) < 4.78 is 10.4. The number of ether oxygens (including phenoxy) is 1. The number of aromatic nitrogens is 1. The van der Waals surface area contributed by atoms with Crippen molar-refractivity contribution in [3.05, 3.63) is 17.5 Å². The lowest BCUT2D eigenvalue weighted by molar-refractivity contribution is -0.140. The Hall–Kier alpha value is -1.89. The van der Waals surface area contributed by atoms with E-state index in [4.69, 9.17) is 9.26 Å². The van der Waals surface area contributed by atoms with Crippen molar-refractivity contribution in [1.82, 2.24) is 15.0 Å². The van der Waals surface area contributed by atoms with Gasteiger partial charge in [-0.1, -0.05) is 5.16 Å². The predicted octanol–water partition coefficient (Wildman–Crippen LogP) is 0.837. The van der Waals surface area contributed by atoms with E-state index in [1.165, 1.54) is 0 Å². The summed E-state index contributed by atoms with van der Waals surface area (Å²) in [4.78, 5) is 28.3. The molecule has 0 spiro atoms. The molecule has 22 heavy (non-hydrogen) atoms. The highest BCUT2D eigenvalue weighted by molar-refractivity contribution is 5.92. The van der Waals surface area contributed by atoms with E-state index in [0.717, 1.165) is 19.3 Å². The number of carbonyl (C=O) groups is 2. The Bertz CT molecular complexity index is 551. The third-order valence-corrected chi connectivity index (χ3v) is 4.15. The standard InChI is InChI=1S/C15H21N3O4/c1-11-10-12(16-22-11)14(19)17-5-3-6-18(8-7-17)15(20)13-4-2-9-21-13/h10,13H,2-9H2,1H3. The van der Waals surface area contributed by atoms with Gasteiger partial charge in [0.1, 0.15) is 11.9 Å². The van der Waals surface area contributed by atoms with Crippen LogP contribution < -0.4 is 0 Å². The van der Waals surface area contributed by atoms with Crippen molar-refractivity contribution in [2.75, 3.05) is 32.8 Å². The fourth-order valence-corrected chi connectivity index (χ4v) is 2.95. The second-order valence-electron chi connectivity index (χ2n) is 5.80. The molecule has 1 aromatic rings. The van der Waals surface area contributed by atoms with E-state index in [-0.39, 0.29) is 17.9 Å². The van der Waals surface area contributed by atoms with E-state index in [1.54, 1.807) is 17.9 Å². The van der Waals surface area contributed by atoms with Crippen LogP contribution in [0.2, 0.25) is 0 Å². The highest BCUT2D eigenvalue weighted by atomic mass is 16.5. The maximum atomic E-state index is 12.4. The summed E-state index contributed by atoms with van der Waals surface area (Å²) in [6, 6.07) is 1.64. The molecule has 3 heterocycles. The fourth-order valence-electron chi connectivity index (χ4n) is 2.95. The van der Waals surface area contributed by atoms with Gasteiger partial charge < -0.3 is 19.1 Å². The van der Waals surface area contributed by atoms with Gasteiger partial charge in [-0.15, -0.1) is 0 Å². The van der Waals surface area contributed by atoms with E-state index in [9.17, 15) is 9.59 Å². The van der Waals surface area contributed by atoms with Gasteiger partial charge in [-0.05, 0) is 26.2 Å². The van der Waals surface area contributed by atoms with Crippen LogP contribution in [-0.4, -0.2) is 65.7 Å². The maximum absolute atomic E-state index is 12.4. The molecule has 7 nitrogen and oxygen atoms in total. The van der Waals surface area contributed by atoms with Crippen molar-refractivity contribution in [3.63, 3.8) is 0 Å². The van der Waals surface area contributed by atoms with Crippen LogP contribution in [0.3, 0.4) is 0 Å². The first-order valence-electron chi connectivity index (χ1n) is 7.78. The molecule has 0 aromatic carbocycles. The molecular formula is C15H21N3O4. The van der Waals surface area contributed by atoms with Crippen LogP contribution in [0.4, 0.5) is 0 Å². The first-order valence-corrected chi connectivity index (χ1v) is 7.78. The minimum atomic E-state index is -0.291. The SMILES string of the molecule is Cc1cc(C(=O)N2CCCN(C(=O)C3CCCO3)CC2)no1. The predicted molar refractivity (Wildman–Crippen MR) is 77.3 cm³/mol. The number of aryl methyl sites for hydroxylation is 1. The molecule has 0 saturated carbocycles. The lowest BCUT2D eigenvalue weighted by atomic mass is 10.2. The molecule has 2 amide bonds. The maximum Gasteiger partial charge on any atom is 0.276 e. The Morgan fingerprint density at radius 3 is 2.64 bits per heavy atom. The highest BCUT2D eigenvalue weighted by Crippen LogP contribution is 2.16. The van der Waals surface area contributed by atoms with Crippen LogP contribution in [0.1, 0.15) is 35.5 Å². The normalized spacial score (nSPS) is 22.7. The molecule has 0 radical (unpaired) electrons. The zero-order valence-corrected chi connectivity index (χ0v) is 12.8. The minimum Gasteiger partial charge on any atom is -0.368 e. The summed E-state index contributed by atoms with van der Waals surface area (Å²) in [5.74, 6) is 0.542. The smallest absolute Gasteiger partial charge is 0.276 e. The Morgan fingerprint density at radius 2 is 1.95 bits per heavy atom. The lowest BCUT2D eigenvalue weighted by Crippen LogP contribution is -2.41. The van der Waals surface area contributed by atoms with Crippen molar-refractivity contribution in [2.24, 2.45) is 0 Å². The topological polar surface area (TPSA) is 75.9 Å². The van der Waals surface area contributed by atoms with Crippen LogP contribution in [0.25, 0.3) is 0 Å². The molecule has 120 valence electrons. The fraction of sp³-hybridized carbons (Fsp3) is 0.667. The van der Waals surface area contributed by atoms with Gasteiger partial charge in [-0.3, -0.25) is 9.59 Å². The van der Waals surface area contributed by atoms with Crippen LogP contribution >= 0.6 is 0 Å². The Kier molecular flexibility index (Phi) is 4.42. The largest absolute Gasteiger partial charge is 0.368 e. The summed E-state index contributed by atoms with van der Waals surface area (Å²) in [6.07, 6.45) is 2.22. The molecule has 2 fully saturated rings. The summed E-state index contributed by atoms with van der Waals surface area (Å²) >= 11 is 0. The van der Waals surface area contributed by atoms with Gasteiger partial charge in [0.2, 0.25) is 0 Å². The van der Waals surface area contributed by atoms with Crippen molar-refractivity contribution < 1.29 is 18.8 Å². The molecule has 3 rings (SSSR count). The Labute approximate surface area is 129 Å². The molecular weight excluding hydrogens is 286 g/mol. The molecule has 2 saturated heterocycles. The van der Waals surface area contributed by atoms with E-state index in [0.29, 0.717) is 44.2 Å². The number of nitrogens with zero attached hydrogens (tertiary/aromatic N) is 3. The summed E-state index contributed by atoms with van der Waals surface area (Å²) in [5.41, 5.74) is 0.330. The van der Waals surface area contributed by atoms with E-state index in [1.807, 2.05) is 4.90 Å². The van der Waals surface area contributed by atoms with E-state index >= 15 is 0 Å². The van der Waals surface area contributed by atoms with Crippen LogP contribution in [0, 0.1) is 6.92 Å². The number of rotatable bonds is 2. The summed E-state index contributed by atoms with van der Waals surface area (Å²) in [5, 5.41) is 3.77. The number of hydrogen-bond donors (Lipinski definition) is 0. The number of carbonyl (C=O) groups excluding carboxylic acids is 2. The average molecular weight is 307 g/mol. The zero-order chi connectivity index (χ0) is 15.5. The molecule has 0 aliphatic carbocycles. The van der Waals surface area contributed by atoms with Gasteiger partial charge in [0, 0.05) is 38.9 Å². The van der Waals surface area contributed by atoms with Gasteiger partial charge in [0.25, 0.3) is 11.8 Å². The van der Waals surface area contributed by atoms with Gasteiger partial charge in [-0.25, -0.2) is 0 Å². The van der Waals surface area contributed by atoms with Crippen molar-refractivity contribution in [2.45, 2.75) is 32.3 Å². The molecule has 0 N–H and O–H groups in total. The minimum absolute atomic E-state index is 0.0593. The molecule has 0 bridgehead atoms. The van der Waals surface area contributed by atoms with Crippen molar-refractivity contribution in [3.8, 4) is 0 Å². The molecule has 7 heteroatoms. The highest BCUT2D eigenvalue weighted by Gasteiger charge is 2.30. The quantitative estimate of drug-likeness (QED) is 0.809. The number of amides is 2. The van der Waals surface area contributed by atoms with E-state index in [2.05, 4.69) is 5.16 Å². The van der Waals surface area contributed by atoms with Crippen LogP contribution in [0.15, 0.2) is 10.6 Å². The third kappa shape index (κ3) is 3.14. The zero-order valence-electron chi connectivity index (χ0n) is 12.8. The van der Waals surface area contributed by atoms with Gasteiger partial charge in [0.15, 0.2) is 5.69 Å². The Morgan fingerprint density at radius 1 is 1.18 bits per heavy atom. The Balaban J connectivity index is 1.59. The first-order chi connectivity index (χ1) is 10.6.